The van der Waals surface area contributed by atoms with Crippen molar-refractivity contribution in [2.24, 2.45) is 7.05 Å². The van der Waals surface area contributed by atoms with Crippen molar-refractivity contribution in [1.82, 2.24) is 19.7 Å². The van der Waals surface area contributed by atoms with Crippen molar-refractivity contribution in [1.29, 1.82) is 0 Å². The van der Waals surface area contributed by atoms with Crippen molar-refractivity contribution in [2.75, 3.05) is 11.1 Å². The van der Waals surface area contributed by atoms with Crippen LogP contribution in [0.1, 0.15) is 11.4 Å². The molecule has 0 spiro atoms. The van der Waals surface area contributed by atoms with Crippen molar-refractivity contribution < 1.29 is 9.53 Å². The Bertz CT molecular complexity index is 831. The summed E-state index contributed by atoms with van der Waals surface area (Å²) < 4.78 is 7.55. The van der Waals surface area contributed by atoms with E-state index in [9.17, 15) is 4.79 Å². The van der Waals surface area contributed by atoms with Crippen LogP contribution in [0.4, 0.5) is 5.13 Å². The van der Waals surface area contributed by atoms with Crippen molar-refractivity contribution in [3.8, 4) is 5.75 Å². The highest BCUT2D eigenvalue weighted by Gasteiger charge is 2.12. The molecule has 9 heteroatoms. The maximum Gasteiger partial charge on any atom is 0.236 e. The van der Waals surface area contributed by atoms with Gasteiger partial charge >= 0.3 is 0 Å². The Hall–Kier alpha value is -2.39. The van der Waals surface area contributed by atoms with Crippen molar-refractivity contribution >= 4 is 34.1 Å². The molecule has 2 heterocycles. The van der Waals surface area contributed by atoms with E-state index < -0.39 is 0 Å². The van der Waals surface area contributed by atoms with E-state index in [-0.39, 0.29) is 11.7 Å². The molecule has 0 saturated carbocycles. The second-order valence-electron chi connectivity index (χ2n) is 5.23. The topological polar surface area (TPSA) is 81.9 Å². The number of anilines is 1. The Kier molecular flexibility index (Phi) is 5.67. The third-order valence-corrected chi connectivity index (χ3v) is 5.03. The summed E-state index contributed by atoms with van der Waals surface area (Å²) in [7, 11) is 1.86. The van der Waals surface area contributed by atoms with Gasteiger partial charge in [0.2, 0.25) is 5.91 Å². The van der Waals surface area contributed by atoms with Gasteiger partial charge in [-0.15, -0.1) is 21.5 Å². The van der Waals surface area contributed by atoms with E-state index in [4.69, 9.17) is 4.74 Å². The van der Waals surface area contributed by atoms with Crippen LogP contribution < -0.4 is 10.1 Å². The first-order valence-corrected chi connectivity index (χ1v) is 9.38. The normalized spacial score (nSPS) is 10.6. The molecule has 7 nitrogen and oxygen atoms in total. The van der Waals surface area contributed by atoms with Gasteiger partial charge in [-0.3, -0.25) is 4.79 Å². The molecule has 0 radical (unpaired) electrons. The standard InChI is InChI=1S/C16H17N5O2S2/c1-11-3-5-12(6-4-11)23-9-13-19-20-16(21(13)2)25-10-14(22)18-15-17-7-8-24-15/h3-8H,9-10H2,1-2H3,(H,17,18,22). The third kappa shape index (κ3) is 4.80. The number of hydrogen-bond donors (Lipinski definition) is 1. The van der Waals surface area contributed by atoms with E-state index in [0.29, 0.717) is 22.7 Å². The van der Waals surface area contributed by atoms with Gasteiger partial charge in [-0.05, 0) is 19.1 Å². The van der Waals surface area contributed by atoms with Crippen molar-refractivity contribution in [3.63, 3.8) is 0 Å². The highest BCUT2D eigenvalue weighted by atomic mass is 32.2. The molecule has 3 aromatic rings. The number of ether oxygens (including phenoxy) is 1. The molecule has 0 saturated heterocycles. The second-order valence-corrected chi connectivity index (χ2v) is 7.07. The van der Waals surface area contributed by atoms with Gasteiger partial charge in [-0.2, -0.15) is 0 Å². The summed E-state index contributed by atoms with van der Waals surface area (Å²) in [6, 6.07) is 7.83. The first kappa shape index (κ1) is 17.4. The largest absolute Gasteiger partial charge is 0.486 e. The van der Waals surface area contributed by atoms with Crippen LogP contribution >= 0.6 is 23.1 Å². The van der Waals surface area contributed by atoms with Crippen LogP contribution in [0.5, 0.6) is 5.75 Å². The first-order valence-electron chi connectivity index (χ1n) is 7.51. The van der Waals surface area contributed by atoms with Crippen LogP contribution in [0.2, 0.25) is 0 Å². The summed E-state index contributed by atoms with van der Waals surface area (Å²) in [6.07, 6.45) is 1.65. The van der Waals surface area contributed by atoms with Crippen molar-refractivity contribution in [3.05, 3.63) is 47.2 Å². The molecule has 0 fully saturated rings. The van der Waals surface area contributed by atoms with Gasteiger partial charge in [0.1, 0.15) is 12.4 Å². The maximum atomic E-state index is 11.9. The number of rotatable bonds is 7. The fourth-order valence-corrected chi connectivity index (χ4v) is 3.22. The number of amides is 1. The third-order valence-electron chi connectivity index (χ3n) is 3.33. The molecule has 0 aliphatic heterocycles. The average Bonchev–Trinajstić information content (AvgIpc) is 3.23. The molecule has 0 bridgehead atoms. The Morgan fingerprint density at radius 2 is 2.12 bits per heavy atom. The summed E-state index contributed by atoms with van der Waals surface area (Å²) in [5.74, 6) is 1.60. The minimum absolute atomic E-state index is 0.125. The lowest BCUT2D eigenvalue weighted by Crippen LogP contribution is -2.14. The van der Waals surface area contributed by atoms with Crippen LogP contribution in [0.15, 0.2) is 41.0 Å². The van der Waals surface area contributed by atoms with E-state index in [1.807, 2.05) is 48.2 Å². The smallest absolute Gasteiger partial charge is 0.236 e. The SMILES string of the molecule is Cc1ccc(OCc2nnc(SCC(=O)Nc3nccs3)n2C)cc1. The molecule has 1 amide bonds. The number of thioether (sulfide) groups is 1. The number of nitrogens with zero attached hydrogens (tertiary/aromatic N) is 4. The number of thiazole rings is 1. The lowest BCUT2D eigenvalue weighted by molar-refractivity contribution is -0.113. The molecular weight excluding hydrogens is 358 g/mol. The molecule has 1 N–H and O–H groups in total. The highest BCUT2D eigenvalue weighted by molar-refractivity contribution is 7.99. The van der Waals surface area contributed by atoms with Crippen LogP contribution in [0, 0.1) is 6.92 Å². The Morgan fingerprint density at radius 3 is 2.84 bits per heavy atom. The monoisotopic (exact) mass is 375 g/mol. The van der Waals surface area contributed by atoms with Gasteiger partial charge in [0, 0.05) is 18.6 Å². The van der Waals surface area contributed by atoms with E-state index in [0.717, 1.165) is 5.75 Å². The lowest BCUT2D eigenvalue weighted by atomic mass is 10.2. The van der Waals surface area contributed by atoms with Crippen molar-refractivity contribution in [2.45, 2.75) is 18.7 Å². The molecule has 2 aromatic heterocycles. The zero-order valence-electron chi connectivity index (χ0n) is 13.8. The number of nitrogens with one attached hydrogen (secondary N) is 1. The Balaban J connectivity index is 1.52. The zero-order chi connectivity index (χ0) is 17.6. The molecule has 0 aliphatic carbocycles. The summed E-state index contributed by atoms with van der Waals surface area (Å²) in [4.78, 5) is 15.9. The minimum Gasteiger partial charge on any atom is -0.486 e. The van der Waals surface area contributed by atoms with Gasteiger partial charge in [-0.1, -0.05) is 29.5 Å². The van der Waals surface area contributed by atoms with E-state index >= 15 is 0 Å². The number of carbonyl (C=O) groups is 1. The highest BCUT2D eigenvalue weighted by Crippen LogP contribution is 2.18. The van der Waals surface area contributed by atoms with Gasteiger partial charge in [0.05, 0.1) is 5.75 Å². The second kappa shape index (κ2) is 8.13. The predicted octanol–water partition coefficient (Wildman–Crippen LogP) is 2.89. The van der Waals surface area contributed by atoms with Gasteiger partial charge in [-0.25, -0.2) is 4.98 Å². The van der Waals surface area contributed by atoms with Crippen LogP contribution in [-0.2, 0) is 18.4 Å². The number of aromatic nitrogens is 4. The summed E-state index contributed by atoms with van der Waals surface area (Å²) in [5.41, 5.74) is 1.18. The van der Waals surface area contributed by atoms with E-state index in [1.165, 1.54) is 28.7 Å². The Labute approximate surface area is 153 Å². The molecule has 25 heavy (non-hydrogen) atoms. The Morgan fingerprint density at radius 1 is 1.32 bits per heavy atom. The van der Waals surface area contributed by atoms with E-state index in [2.05, 4.69) is 20.5 Å². The molecule has 0 aliphatic rings. The fraction of sp³-hybridized carbons (Fsp3) is 0.250. The predicted molar refractivity (Wildman–Crippen MR) is 98.0 cm³/mol. The molecule has 1 aromatic carbocycles. The maximum absolute atomic E-state index is 11.9. The summed E-state index contributed by atoms with van der Waals surface area (Å²) in [6.45, 7) is 2.35. The number of carbonyl (C=O) groups excluding carboxylic acids is 1. The van der Waals surface area contributed by atoms with Gasteiger partial charge in [0.15, 0.2) is 16.1 Å². The molecule has 3 rings (SSSR count). The fourth-order valence-electron chi connectivity index (χ4n) is 1.95. The molecule has 0 unspecified atom stereocenters. The van der Waals surface area contributed by atoms with Crippen LogP contribution in [0.25, 0.3) is 0 Å². The van der Waals surface area contributed by atoms with Crippen LogP contribution in [0.3, 0.4) is 0 Å². The molecule has 0 atom stereocenters. The van der Waals surface area contributed by atoms with Gasteiger partial charge in [0.25, 0.3) is 0 Å². The summed E-state index contributed by atoms with van der Waals surface area (Å²) >= 11 is 2.70. The quantitative estimate of drug-likeness (QED) is 0.640. The summed E-state index contributed by atoms with van der Waals surface area (Å²) in [5, 5.41) is 14.0. The van der Waals surface area contributed by atoms with E-state index in [1.54, 1.807) is 6.20 Å². The number of benzene rings is 1. The number of aryl methyl sites for hydroxylation is 1. The average molecular weight is 375 g/mol. The lowest BCUT2D eigenvalue weighted by Gasteiger charge is -2.07. The van der Waals surface area contributed by atoms with Gasteiger partial charge < -0.3 is 14.6 Å². The zero-order valence-corrected chi connectivity index (χ0v) is 15.4. The number of hydrogen-bond acceptors (Lipinski definition) is 7. The first-order chi connectivity index (χ1) is 12.1. The molecule has 130 valence electrons. The van der Waals surface area contributed by atoms with Crippen LogP contribution in [-0.4, -0.2) is 31.4 Å². The molecular formula is C16H17N5O2S2. The minimum atomic E-state index is -0.125.